The van der Waals surface area contributed by atoms with Crippen molar-refractivity contribution in [1.82, 2.24) is 0 Å². The van der Waals surface area contributed by atoms with Crippen LogP contribution in [0.5, 0.6) is 11.5 Å². The summed E-state index contributed by atoms with van der Waals surface area (Å²) < 4.78 is 23.7. The molecule has 3 rings (SSSR count). The Kier molecular flexibility index (Phi) is 3.96. The summed E-state index contributed by atoms with van der Waals surface area (Å²) in [5.41, 5.74) is 1.52. The fraction of sp³-hybridized carbons (Fsp3) is 0.235. The highest BCUT2D eigenvalue weighted by molar-refractivity contribution is 5.93. The number of nitrogens with one attached hydrogen (secondary N) is 1. The third-order valence-electron chi connectivity index (χ3n) is 3.66. The summed E-state index contributed by atoms with van der Waals surface area (Å²) in [7, 11) is 1.60. The predicted octanol–water partition coefficient (Wildman–Crippen LogP) is 3.02. The van der Waals surface area contributed by atoms with Gasteiger partial charge in [-0.15, -0.1) is 0 Å². The van der Waals surface area contributed by atoms with Crippen molar-refractivity contribution in [3.05, 3.63) is 53.8 Å². The van der Waals surface area contributed by atoms with Gasteiger partial charge in [-0.3, -0.25) is 4.79 Å². The van der Waals surface area contributed by atoms with Crippen molar-refractivity contribution in [1.29, 1.82) is 0 Å². The molecule has 1 N–H and O–H groups in total. The molecule has 0 aromatic heterocycles. The van der Waals surface area contributed by atoms with Gasteiger partial charge in [0.2, 0.25) is 5.91 Å². The number of fused-ring (bicyclic) bond motifs is 1. The highest BCUT2D eigenvalue weighted by atomic mass is 19.1. The number of amides is 1. The van der Waals surface area contributed by atoms with Gasteiger partial charge in [-0.1, -0.05) is 0 Å². The number of anilines is 1. The van der Waals surface area contributed by atoms with E-state index in [-0.39, 0.29) is 17.6 Å². The van der Waals surface area contributed by atoms with Crippen LogP contribution in [0.15, 0.2) is 42.5 Å². The van der Waals surface area contributed by atoms with Gasteiger partial charge in [0.25, 0.3) is 0 Å². The van der Waals surface area contributed by atoms with Crippen molar-refractivity contribution in [2.75, 3.05) is 19.0 Å². The molecule has 5 heteroatoms. The number of hydrogen-bond acceptors (Lipinski definition) is 3. The summed E-state index contributed by atoms with van der Waals surface area (Å²) in [4.78, 5) is 12.3. The molecule has 1 atom stereocenters. The molecule has 1 aliphatic rings. The minimum atomic E-state index is -0.333. The van der Waals surface area contributed by atoms with Crippen molar-refractivity contribution in [2.45, 2.75) is 6.42 Å². The average Bonchev–Trinajstić information content (AvgIpc) is 2.55. The molecule has 1 amide bonds. The van der Waals surface area contributed by atoms with E-state index in [0.29, 0.717) is 18.7 Å². The van der Waals surface area contributed by atoms with Gasteiger partial charge >= 0.3 is 0 Å². The molecule has 1 aliphatic heterocycles. The quantitative estimate of drug-likeness (QED) is 0.948. The van der Waals surface area contributed by atoms with Crippen LogP contribution in [0.25, 0.3) is 0 Å². The topological polar surface area (TPSA) is 47.6 Å². The van der Waals surface area contributed by atoms with E-state index >= 15 is 0 Å². The Bertz CT molecular complexity index is 685. The number of methoxy groups -OCH3 is 1. The van der Waals surface area contributed by atoms with Gasteiger partial charge in [-0.2, -0.15) is 0 Å². The van der Waals surface area contributed by atoms with Gasteiger partial charge in [0.15, 0.2) is 0 Å². The maximum atomic E-state index is 12.9. The van der Waals surface area contributed by atoms with Crippen molar-refractivity contribution >= 4 is 11.6 Å². The summed E-state index contributed by atoms with van der Waals surface area (Å²) in [6, 6.07) is 11.3. The molecular formula is C17H16FNO3. The molecular weight excluding hydrogens is 285 g/mol. The largest absolute Gasteiger partial charge is 0.497 e. The number of halogens is 1. The second kappa shape index (κ2) is 6.05. The second-order valence-electron chi connectivity index (χ2n) is 5.18. The molecule has 2 aromatic carbocycles. The van der Waals surface area contributed by atoms with Crippen molar-refractivity contribution < 1.29 is 18.7 Å². The molecule has 4 nitrogen and oxygen atoms in total. The van der Waals surface area contributed by atoms with E-state index in [9.17, 15) is 9.18 Å². The molecule has 0 aliphatic carbocycles. The molecule has 0 radical (unpaired) electrons. The number of benzene rings is 2. The van der Waals surface area contributed by atoms with E-state index in [1.807, 2.05) is 18.2 Å². The van der Waals surface area contributed by atoms with Crippen molar-refractivity contribution in [3.63, 3.8) is 0 Å². The monoisotopic (exact) mass is 301 g/mol. The lowest BCUT2D eigenvalue weighted by Gasteiger charge is -2.25. The zero-order chi connectivity index (χ0) is 15.5. The summed E-state index contributed by atoms with van der Waals surface area (Å²) in [6.45, 7) is 0.326. The lowest BCUT2D eigenvalue weighted by Crippen LogP contribution is -2.32. The van der Waals surface area contributed by atoms with Crippen molar-refractivity contribution in [2.24, 2.45) is 5.92 Å². The van der Waals surface area contributed by atoms with Crippen LogP contribution in [0, 0.1) is 11.7 Å². The van der Waals surface area contributed by atoms with Crippen LogP contribution in [0.1, 0.15) is 5.56 Å². The van der Waals surface area contributed by atoms with Gasteiger partial charge in [-0.05, 0) is 54.4 Å². The van der Waals surface area contributed by atoms with Crippen LogP contribution in [0.3, 0.4) is 0 Å². The van der Waals surface area contributed by atoms with E-state index in [0.717, 1.165) is 17.1 Å². The number of carbonyl (C=O) groups excluding carboxylic acids is 1. The van der Waals surface area contributed by atoms with Crippen LogP contribution in [0.2, 0.25) is 0 Å². The minimum Gasteiger partial charge on any atom is -0.497 e. The smallest absolute Gasteiger partial charge is 0.231 e. The molecule has 0 spiro atoms. The summed E-state index contributed by atoms with van der Waals surface area (Å²) in [5, 5.41) is 2.78. The number of ether oxygens (including phenoxy) is 2. The number of hydrogen-bond donors (Lipinski definition) is 1. The van der Waals surface area contributed by atoms with E-state index < -0.39 is 0 Å². The van der Waals surface area contributed by atoms with Crippen LogP contribution < -0.4 is 14.8 Å². The minimum absolute atomic E-state index is 0.139. The standard InChI is InChI=1S/C17H16FNO3/c1-21-15-6-7-16-11(9-15)8-12(10-22-16)17(20)19-14-4-2-13(18)3-5-14/h2-7,9,12H,8,10H2,1H3,(H,19,20)/t12-/m1/s1. The first kappa shape index (κ1) is 14.4. The zero-order valence-corrected chi connectivity index (χ0v) is 12.1. The number of carbonyl (C=O) groups is 1. The normalized spacial score (nSPS) is 16.4. The highest BCUT2D eigenvalue weighted by Crippen LogP contribution is 2.31. The Morgan fingerprint density at radius 1 is 1.27 bits per heavy atom. The van der Waals surface area contributed by atoms with Gasteiger partial charge in [-0.25, -0.2) is 4.39 Å². The molecule has 22 heavy (non-hydrogen) atoms. The molecule has 0 fully saturated rings. The molecule has 0 saturated carbocycles. The Balaban J connectivity index is 1.70. The first-order valence-electron chi connectivity index (χ1n) is 7.02. The van der Waals surface area contributed by atoms with Crippen LogP contribution in [-0.2, 0) is 11.2 Å². The lowest BCUT2D eigenvalue weighted by molar-refractivity contribution is -0.121. The Labute approximate surface area is 127 Å². The van der Waals surface area contributed by atoms with Crippen molar-refractivity contribution in [3.8, 4) is 11.5 Å². The van der Waals surface area contributed by atoms with Gasteiger partial charge in [0.05, 0.1) is 13.0 Å². The fourth-order valence-electron chi connectivity index (χ4n) is 2.44. The fourth-order valence-corrected chi connectivity index (χ4v) is 2.44. The third-order valence-corrected chi connectivity index (χ3v) is 3.66. The number of rotatable bonds is 3. The van der Waals surface area contributed by atoms with Gasteiger partial charge in [0, 0.05) is 5.69 Å². The van der Waals surface area contributed by atoms with E-state index in [4.69, 9.17) is 9.47 Å². The van der Waals surface area contributed by atoms with E-state index in [1.54, 1.807) is 7.11 Å². The zero-order valence-electron chi connectivity index (χ0n) is 12.1. The summed E-state index contributed by atoms with van der Waals surface area (Å²) in [6.07, 6.45) is 0.583. The Morgan fingerprint density at radius 3 is 2.77 bits per heavy atom. The first-order chi connectivity index (χ1) is 10.7. The summed E-state index contributed by atoms with van der Waals surface area (Å²) in [5.74, 6) is 0.762. The molecule has 0 saturated heterocycles. The predicted molar refractivity (Wildman–Crippen MR) is 80.7 cm³/mol. The van der Waals surface area contributed by atoms with Gasteiger partial charge < -0.3 is 14.8 Å². The SMILES string of the molecule is COc1ccc2c(c1)C[C@@H](C(=O)Nc1ccc(F)cc1)CO2. The molecule has 2 aromatic rings. The van der Waals surface area contributed by atoms with E-state index in [2.05, 4.69) is 5.32 Å². The maximum Gasteiger partial charge on any atom is 0.231 e. The second-order valence-corrected chi connectivity index (χ2v) is 5.18. The van der Waals surface area contributed by atoms with Crippen LogP contribution in [-0.4, -0.2) is 19.6 Å². The summed E-state index contributed by atoms with van der Waals surface area (Å²) >= 11 is 0. The highest BCUT2D eigenvalue weighted by Gasteiger charge is 2.26. The Hall–Kier alpha value is -2.56. The molecule has 114 valence electrons. The Morgan fingerprint density at radius 2 is 2.05 bits per heavy atom. The van der Waals surface area contributed by atoms with Gasteiger partial charge in [0.1, 0.15) is 23.9 Å². The van der Waals surface area contributed by atoms with Crippen LogP contribution in [0.4, 0.5) is 10.1 Å². The maximum absolute atomic E-state index is 12.9. The lowest BCUT2D eigenvalue weighted by atomic mass is 9.95. The molecule has 0 bridgehead atoms. The first-order valence-corrected chi connectivity index (χ1v) is 7.02. The van der Waals surface area contributed by atoms with E-state index in [1.165, 1.54) is 24.3 Å². The molecule has 0 unspecified atom stereocenters. The average molecular weight is 301 g/mol. The van der Waals surface area contributed by atoms with Crippen LogP contribution >= 0.6 is 0 Å². The molecule has 1 heterocycles. The third kappa shape index (κ3) is 3.03.